The number of anilines is 1. The van der Waals surface area contributed by atoms with Crippen LogP contribution in [-0.4, -0.2) is 11.8 Å². The van der Waals surface area contributed by atoms with E-state index in [4.69, 9.17) is 0 Å². The lowest BCUT2D eigenvalue weighted by molar-refractivity contribution is 0.0897. The molecule has 0 heterocycles. The molecule has 4 heteroatoms. The summed E-state index contributed by atoms with van der Waals surface area (Å²) >= 11 is 2.28. The summed E-state index contributed by atoms with van der Waals surface area (Å²) in [6.45, 7) is 3.93. The van der Waals surface area contributed by atoms with Crippen molar-refractivity contribution in [2.75, 3.05) is 4.90 Å². The fourth-order valence-corrected chi connectivity index (χ4v) is 3.84. The molecule has 3 nitrogen and oxygen atoms in total. The maximum absolute atomic E-state index is 13.5. The summed E-state index contributed by atoms with van der Waals surface area (Å²) in [5.74, 6) is -0.708. The molecule has 0 bridgehead atoms. The zero-order valence-electron chi connectivity index (χ0n) is 19.0. The first-order valence-corrected chi connectivity index (χ1v) is 12.0. The monoisotopic (exact) mass is 557 g/mol. The lowest BCUT2D eigenvalue weighted by atomic mass is 10.1. The molecule has 0 aliphatic carbocycles. The number of hydrogen-bond acceptors (Lipinski definition) is 2. The van der Waals surface area contributed by atoms with Crippen molar-refractivity contribution in [1.82, 2.24) is 0 Å². The Balaban J connectivity index is 1.65. The molecule has 34 heavy (non-hydrogen) atoms. The van der Waals surface area contributed by atoms with Crippen molar-refractivity contribution in [3.63, 3.8) is 0 Å². The summed E-state index contributed by atoms with van der Waals surface area (Å²) in [6, 6.07) is 30.2. The van der Waals surface area contributed by atoms with Gasteiger partial charge in [0.25, 0.3) is 11.8 Å². The Bertz CT molecular complexity index is 1260. The van der Waals surface area contributed by atoms with Crippen LogP contribution in [0.1, 0.15) is 43.0 Å². The van der Waals surface area contributed by atoms with Crippen molar-refractivity contribution in [1.29, 1.82) is 0 Å². The smallest absolute Gasteiger partial charge is 0.265 e. The van der Waals surface area contributed by atoms with Gasteiger partial charge in [0.2, 0.25) is 0 Å². The number of benzene rings is 4. The molecule has 168 valence electrons. The zero-order chi connectivity index (χ0) is 24.1. The highest BCUT2D eigenvalue weighted by atomic mass is 127. The van der Waals surface area contributed by atoms with E-state index in [0.29, 0.717) is 16.8 Å². The number of nitrogens with zero attached hydrogens (tertiary/aromatic N) is 1. The van der Waals surface area contributed by atoms with Gasteiger partial charge in [-0.1, -0.05) is 71.8 Å². The quantitative estimate of drug-likeness (QED) is 0.144. The third kappa shape index (κ3) is 5.69. The van der Waals surface area contributed by atoms with E-state index < -0.39 is 0 Å². The fraction of sp³-hybridized carbons (Fsp3) is 0.0667. The topological polar surface area (TPSA) is 37.4 Å². The predicted octanol–water partition coefficient (Wildman–Crippen LogP) is 7.57. The summed E-state index contributed by atoms with van der Waals surface area (Å²) in [7, 11) is 0. The second kappa shape index (κ2) is 10.6. The van der Waals surface area contributed by atoms with E-state index in [1.165, 1.54) is 8.47 Å². The molecule has 4 aromatic rings. The van der Waals surface area contributed by atoms with Crippen molar-refractivity contribution in [2.24, 2.45) is 0 Å². The Morgan fingerprint density at radius 1 is 0.588 bits per heavy atom. The van der Waals surface area contributed by atoms with E-state index in [0.717, 1.165) is 22.3 Å². The van der Waals surface area contributed by atoms with Crippen LogP contribution in [0, 0.1) is 17.4 Å². The van der Waals surface area contributed by atoms with Crippen LogP contribution < -0.4 is 4.90 Å². The predicted molar refractivity (Wildman–Crippen MR) is 148 cm³/mol. The minimum Gasteiger partial charge on any atom is -0.268 e. The van der Waals surface area contributed by atoms with Crippen LogP contribution in [0.4, 0.5) is 5.69 Å². The van der Waals surface area contributed by atoms with Crippen molar-refractivity contribution in [2.45, 2.75) is 13.8 Å². The Morgan fingerprint density at radius 3 is 1.38 bits per heavy atom. The van der Waals surface area contributed by atoms with Crippen LogP contribution in [0.25, 0.3) is 12.2 Å². The first kappa shape index (κ1) is 23.6. The third-order valence-electron chi connectivity index (χ3n) is 5.49. The third-order valence-corrected chi connectivity index (χ3v) is 6.21. The van der Waals surface area contributed by atoms with Gasteiger partial charge in [-0.15, -0.1) is 0 Å². The number of carbonyl (C=O) groups is 2. The van der Waals surface area contributed by atoms with Gasteiger partial charge in [-0.3, -0.25) is 9.59 Å². The van der Waals surface area contributed by atoms with Gasteiger partial charge in [-0.05, 0) is 96.1 Å². The van der Waals surface area contributed by atoms with Crippen LogP contribution in [0.15, 0.2) is 97.1 Å². The molecule has 4 rings (SSSR count). The van der Waals surface area contributed by atoms with Gasteiger partial charge in [0.1, 0.15) is 0 Å². The normalized spacial score (nSPS) is 10.9. The summed E-state index contributed by atoms with van der Waals surface area (Å²) in [5.41, 5.74) is 5.66. The Morgan fingerprint density at radius 2 is 0.971 bits per heavy atom. The van der Waals surface area contributed by atoms with E-state index in [1.807, 2.05) is 74.5 Å². The van der Waals surface area contributed by atoms with Gasteiger partial charge in [0.05, 0.1) is 5.69 Å². The lowest BCUT2D eigenvalue weighted by Crippen LogP contribution is -2.37. The molecule has 0 N–H and O–H groups in total. The van der Waals surface area contributed by atoms with Gasteiger partial charge in [-0.25, -0.2) is 4.90 Å². The highest BCUT2D eigenvalue weighted by molar-refractivity contribution is 14.1. The molecule has 0 aliphatic heterocycles. The Hall–Kier alpha value is -3.51. The molecule has 2 amide bonds. The van der Waals surface area contributed by atoms with Crippen LogP contribution in [0.2, 0.25) is 0 Å². The number of hydrogen-bond donors (Lipinski definition) is 0. The largest absolute Gasteiger partial charge is 0.268 e. The molecular formula is C30H24INO2. The van der Waals surface area contributed by atoms with Gasteiger partial charge in [0.15, 0.2) is 0 Å². The molecule has 0 saturated heterocycles. The van der Waals surface area contributed by atoms with Crippen LogP contribution >= 0.6 is 22.6 Å². The Kier molecular flexibility index (Phi) is 7.38. The first-order valence-electron chi connectivity index (χ1n) is 11.0. The van der Waals surface area contributed by atoms with Crippen LogP contribution in [0.5, 0.6) is 0 Å². The number of halogens is 1. The van der Waals surface area contributed by atoms with Gasteiger partial charge in [-0.2, -0.15) is 0 Å². The molecule has 0 radical (unpaired) electrons. The summed E-state index contributed by atoms with van der Waals surface area (Å²) in [5, 5.41) is 0. The number of carbonyl (C=O) groups excluding carboxylic acids is 2. The Labute approximate surface area is 213 Å². The number of rotatable bonds is 5. The highest BCUT2D eigenvalue weighted by Crippen LogP contribution is 2.23. The molecule has 0 aliphatic rings. The molecule has 0 atom stereocenters. The fourth-order valence-electron chi connectivity index (χ4n) is 3.48. The summed E-state index contributed by atoms with van der Waals surface area (Å²) < 4.78 is 1.19. The molecule has 4 aromatic carbocycles. The average molecular weight is 557 g/mol. The second-order valence-electron chi connectivity index (χ2n) is 8.15. The molecule has 0 unspecified atom stereocenters. The molecule has 0 spiro atoms. The van der Waals surface area contributed by atoms with Crippen LogP contribution in [-0.2, 0) is 0 Å². The number of amides is 2. The van der Waals surface area contributed by atoms with E-state index in [9.17, 15) is 9.59 Å². The van der Waals surface area contributed by atoms with E-state index in [2.05, 4.69) is 46.9 Å². The van der Waals surface area contributed by atoms with Gasteiger partial charge >= 0.3 is 0 Å². The number of imide groups is 1. The molecule has 0 aromatic heterocycles. The standard InChI is InChI=1S/C30H24INO2/c1-21-3-13-25(14-4-21)29(33)32(30(34)26-15-5-22(2)6-16-26)28-19-11-24(12-20-28)8-7-23-9-17-27(31)18-10-23/h3-20H,1-2H3/b8-7+. The highest BCUT2D eigenvalue weighted by Gasteiger charge is 2.26. The first-order chi connectivity index (χ1) is 16.4. The van der Waals surface area contributed by atoms with Crippen molar-refractivity contribution in [3.8, 4) is 0 Å². The molecule has 0 fully saturated rings. The van der Waals surface area contributed by atoms with Gasteiger partial charge < -0.3 is 0 Å². The van der Waals surface area contributed by atoms with Crippen molar-refractivity contribution < 1.29 is 9.59 Å². The molecular weight excluding hydrogens is 533 g/mol. The van der Waals surface area contributed by atoms with Crippen molar-refractivity contribution >= 4 is 52.2 Å². The average Bonchev–Trinajstić information content (AvgIpc) is 2.85. The lowest BCUT2D eigenvalue weighted by Gasteiger charge is -2.21. The SMILES string of the molecule is Cc1ccc(C(=O)N(C(=O)c2ccc(C)cc2)c2ccc(/C=C/c3ccc(I)cc3)cc2)cc1. The van der Waals surface area contributed by atoms with Crippen LogP contribution in [0.3, 0.4) is 0 Å². The molecule has 0 saturated carbocycles. The minimum atomic E-state index is -0.354. The summed E-state index contributed by atoms with van der Waals surface area (Å²) in [6.07, 6.45) is 4.05. The van der Waals surface area contributed by atoms with Crippen molar-refractivity contribution in [3.05, 3.63) is 134 Å². The maximum atomic E-state index is 13.5. The van der Waals surface area contributed by atoms with E-state index in [1.54, 1.807) is 24.3 Å². The second-order valence-corrected chi connectivity index (χ2v) is 9.40. The number of aryl methyl sites for hydroxylation is 2. The van der Waals surface area contributed by atoms with Gasteiger partial charge in [0, 0.05) is 14.7 Å². The minimum absolute atomic E-state index is 0.354. The maximum Gasteiger partial charge on any atom is 0.265 e. The van der Waals surface area contributed by atoms with E-state index in [-0.39, 0.29) is 11.8 Å². The van der Waals surface area contributed by atoms with E-state index >= 15 is 0 Å². The summed E-state index contributed by atoms with van der Waals surface area (Å²) in [4.78, 5) is 28.2. The zero-order valence-corrected chi connectivity index (χ0v) is 21.2.